The van der Waals surface area contributed by atoms with Crippen LogP contribution in [0.1, 0.15) is 20.3 Å². The molecule has 0 aromatic heterocycles. The van der Waals surface area contributed by atoms with Crippen molar-refractivity contribution in [3.63, 3.8) is 0 Å². The molecule has 0 aliphatic heterocycles. The summed E-state index contributed by atoms with van der Waals surface area (Å²) in [4.78, 5) is 0. The second-order valence-corrected chi connectivity index (χ2v) is 2.32. The zero-order valence-electron chi connectivity index (χ0n) is 5.56. The first kappa shape index (κ1) is 8.94. The van der Waals surface area contributed by atoms with Crippen molar-refractivity contribution in [3.8, 4) is 0 Å². The molecule has 0 radical (unpaired) electrons. The van der Waals surface area contributed by atoms with Gasteiger partial charge in [0.25, 0.3) is 0 Å². The highest BCUT2D eigenvalue weighted by Crippen LogP contribution is 2.03. The van der Waals surface area contributed by atoms with Gasteiger partial charge in [-0.05, 0) is 23.0 Å². The third-order valence-corrected chi connectivity index (χ3v) is 2.01. The quantitative estimate of drug-likeness (QED) is 0.341. The minimum absolute atomic E-state index is 0.754. The Balaban J connectivity index is 4.14. The fourth-order valence-electron chi connectivity index (χ4n) is 0.491. The van der Waals surface area contributed by atoms with Gasteiger partial charge in [0, 0.05) is 0 Å². The van der Waals surface area contributed by atoms with E-state index in [4.69, 9.17) is 5.21 Å². The molecule has 0 amide bonds. The van der Waals surface area contributed by atoms with E-state index in [0.717, 1.165) is 17.7 Å². The van der Waals surface area contributed by atoms with E-state index in [9.17, 15) is 0 Å². The van der Waals surface area contributed by atoms with E-state index in [0.29, 0.717) is 0 Å². The molecule has 0 saturated carbocycles. The Morgan fingerprint density at radius 3 is 2.44 bits per heavy atom. The molecule has 0 atom stereocenters. The lowest BCUT2D eigenvalue weighted by molar-refractivity contribution is 0.318. The first-order valence-electron chi connectivity index (χ1n) is 2.74. The zero-order chi connectivity index (χ0) is 7.28. The van der Waals surface area contributed by atoms with Crippen molar-refractivity contribution in [2.75, 3.05) is 0 Å². The predicted octanol–water partition coefficient (Wildman–Crippen LogP) is 2.57. The van der Waals surface area contributed by atoms with E-state index in [2.05, 4.69) is 27.7 Å². The molecule has 0 rings (SSSR count). The first-order chi connectivity index (χ1) is 4.26. The van der Waals surface area contributed by atoms with Crippen molar-refractivity contribution >= 4 is 28.3 Å². The molecule has 0 saturated heterocycles. The van der Waals surface area contributed by atoms with Gasteiger partial charge in [-0.15, -0.1) is 0 Å². The topological polar surface area (TPSA) is 32.6 Å². The van der Waals surface area contributed by atoms with Crippen LogP contribution in [0.25, 0.3) is 0 Å². The minimum atomic E-state index is 0.754. The van der Waals surface area contributed by atoms with Gasteiger partial charge in [-0.2, -0.15) is 0 Å². The summed E-state index contributed by atoms with van der Waals surface area (Å²) in [6.45, 7) is 3.88. The highest BCUT2D eigenvalue weighted by molar-refractivity contribution is 14.1. The Morgan fingerprint density at radius 2 is 2.33 bits per heavy atom. The van der Waals surface area contributed by atoms with Gasteiger partial charge in [-0.25, -0.2) is 0 Å². The summed E-state index contributed by atoms with van der Waals surface area (Å²) in [5, 5.41) is 11.5. The van der Waals surface area contributed by atoms with Gasteiger partial charge >= 0.3 is 0 Å². The molecule has 0 fully saturated rings. The van der Waals surface area contributed by atoms with E-state index < -0.39 is 0 Å². The average Bonchev–Trinajstić information content (AvgIpc) is 1.90. The van der Waals surface area contributed by atoms with Crippen LogP contribution in [0.3, 0.4) is 0 Å². The Morgan fingerprint density at radius 1 is 1.78 bits per heavy atom. The fraction of sp³-hybridized carbons (Fsp3) is 0.500. The third-order valence-electron chi connectivity index (χ3n) is 1.07. The summed E-state index contributed by atoms with van der Waals surface area (Å²) in [6.07, 6.45) is 0.780. The molecule has 0 bridgehead atoms. The smallest absolute Gasteiger partial charge is 0.0826 e. The number of allylic oxidation sites excluding steroid dienone is 1. The van der Waals surface area contributed by atoms with Crippen LogP contribution in [0.2, 0.25) is 0 Å². The maximum atomic E-state index is 8.37. The molecule has 0 aliphatic carbocycles. The molecule has 52 valence electrons. The summed E-state index contributed by atoms with van der Waals surface area (Å²) in [5.41, 5.74) is 1.78. The lowest BCUT2D eigenvalue weighted by Gasteiger charge is -1.96. The van der Waals surface area contributed by atoms with E-state index in [1.54, 1.807) is 0 Å². The molecule has 0 heterocycles. The number of hydrogen-bond donors (Lipinski definition) is 1. The van der Waals surface area contributed by atoms with Crippen molar-refractivity contribution in [1.29, 1.82) is 0 Å². The Bertz CT molecular complexity index is 140. The van der Waals surface area contributed by atoms with Crippen molar-refractivity contribution < 1.29 is 5.21 Å². The maximum Gasteiger partial charge on any atom is 0.0826 e. The molecule has 3 heteroatoms. The van der Waals surface area contributed by atoms with Gasteiger partial charge in [0.15, 0.2) is 0 Å². The normalized spacial score (nSPS) is 14.1. The number of halogens is 1. The summed E-state index contributed by atoms with van der Waals surface area (Å²) < 4.78 is 1.90. The second-order valence-electron chi connectivity index (χ2n) is 1.69. The Labute approximate surface area is 68.8 Å². The summed E-state index contributed by atoms with van der Waals surface area (Å²) in [6, 6.07) is 0. The molecule has 0 aromatic carbocycles. The summed E-state index contributed by atoms with van der Waals surface area (Å²) in [5.74, 6) is 0. The fourth-order valence-corrected chi connectivity index (χ4v) is 0.851. The van der Waals surface area contributed by atoms with Gasteiger partial charge in [0.1, 0.15) is 0 Å². The molecule has 1 N–H and O–H groups in total. The van der Waals surface area contributed by atoms with Crippen LogP contribution < -0.4 is 0 Å². The first-order valence-corrected chi connectivity index (χ1v) is 3.99. The van der Waals surface area contributed by atoms with Crippen LogP contribution in [0, 0.1) is 0 Å². The van der Waals surface area contributed by atoms with Crippen molar-refractivity contribution in [1.82, 2.24) is 0 Å². The van der Waals surface area contributed by atoms with Crippen LogP contribution in [-0.2, 0) is 0 Å². The molecule has 0 aromatic rings. The second kappa shape index (κ2) is 4.78. The largest absolute Gasteiger partial charge is 0.411 e. The number of oxime groups is 1. The monoisotopic (exact) mass is 239 g/mol. The SMILES string of the molecule is CCC(=N\O)/C(C)=C/I. The minimum Gasteiger partial charge on any atom is -0.411 e. The van der Waals surface area contributed by atoms with E-state index in [1.165, 1.54) is 0 Å². The zero-order valence-corrected chi connectivity index (χ0v) is 7.71. The van der Waals surface area contributed by atoms with Crippen LogP contribution in [0.4, 0.5) is 0 Å². The van der Waals surface area contributed by atoms with Crippen LogP contribution in [-0.4, -0.2) is 10.9 Å². The highest BCUT2D eigenvalue weighted by Gasteiger charge is 1.96. The van der Waals surface area contributed by atoms with E-state index in [-0.39, 0.29) is 0 Å². The highest BCUT2D eigenvalue weighted by atomic mass is 127. The van der Waals surface area contributed by atoms with Crippen molar-refractivity contribution in [3.05, 3.63) is 9.66 Å². The lowest BCUT2D eigenvalue weighted by Crippen LogP contribution is -1.96. The van der Waals surface area contributed by atoms with Gasteiger partial charge in [0.2, 0.25) is 0 Å². The number of nitrogens with zero attached hydrogens (tertiary/aromatic N) is 1. The number of hydrogen-bond acceptors (Lipinski definition) is 2. The lowest BCUT2D eigenvalue weighted by atomic mass is 10.2. The Kier molecular flexibility index (Phi) is 4.75. The van der Waals surface area contributed by atoms with Crippen LogP contribution >= 0.6 is 22.6 Å². The Hall–Kier alpha value is -0.0600. The maximum absolute atomic E-state index is 8.37. The number of rotatable bonds is 2. The van der Waals surface area contributed by atoms with Gasteiger partial charge < -0.3 is 5.21 Å². The molecular weight excluding hydrogens is 229 g/mol. The standard InChI is InChI=1S/C6H10INO/c1-3-6(8-9)5(2)4-7/h4,9H,3H2,1-2H3/b5-4+,8-6+. The molecule has 9 heavy (non-hydrogen) atoms. The average molecular weight is 239 g/mol. The van der Waals surface area contributed by atoms with Gasteiger partial charge in [-0.1, -0.05) is 34.7 Å². The molecule has 0 unspecified atom stereocenters. The molecule has 0 aliphatic rings. The van der Waals surface area contributed by atoms with Gasteiger partial charge in [-0.3, -0.25) is 0 Å². The van der Waals surface area contributed by atoms with Crippen LogP contribution in [0.15, 0.2) is 14.8 Å². The third kappa shape index (κ3) is 2.84. The molecular formula is C6H10INO. The summed E-state index contributed by atoms with van der Waals surface area (Å²) in [7, 11) is 0. The van der Waals surface area contributed by atoms with Crippen LogP contribution in [0.5, 0.6) is 0 Å². The summed E-state index contributed by atoms with van der Waals surface area (Å²) >= 11 is 2.12. The van der Waals surface area contributed by atoms with Crippen molar-refractivity contribution in [2.45, 2.75) is 20.3 Å². The van der Waals surface area contributed by atoms with Crippen molar-refractivity contribution in [2.24, 2.45) is 5.16 Å². The van der Waals surface area contributed by atoms with E-state index in [1.807, 2.05) is 17.9 Å². The molecule has 0 spiro atoms. The van der Waals surface area contributed by atoms with Gasteiger partial charge in [0.05, 0.1) is 5.71 Å². The molecule has 2 nitrogen and oxygen atoms in total. The van der Waals surface area contributed by atoms with E-state index >= 15 is 0 Å². The predicted molar refractivity (Wildman–Crippen MR) is 47.3 cm³/mol.